The Morgan fingerprint density at radius 2 is 1.59 bits per heavy atom. The van der Waals surface area contributed by atoms with Crippen LogP contribution in [0.2, 0.25) is 0 Å². The molecule has 2 N–H and O–H groups in total. The Labute approximate surface area is 133 Å². The Hall–Kier alpha value is -2.00. The third kappa shape index (κ3) is 5.08. The molecular formula is C19H25NO2. The van der Waals surface area contributed by atoms with Gasteiger partial charge in [-0.3, -0.25) is 0 Å². The lowest BCUT2D eigenvalue weighted by Crippen LogP contribution is -2.09. The third-order valence-electron chi connectivity index (χ3n) is 3.50. The molecular weight excluding hydrogens is 274 g/mol. The van der Waals surface area contributed by atoms with Gasteiger partial charge in [0.05, 0.1) is 6.61 Å². The van der Waals surface area contributed by atoms with E-state index in [1.54, 1.807) is 0 Å². The van der Waals surface area contributed by atoms with Gasteiger partial charge in [-0.05, 0) is 62.6 Å². The fourth-order valence-corrected chi connectivity index (χ4v) is 2.38. The average molecular weight is 299 g/mol. The van der Waals surface area contributed by atoms with Gasteiger partial charge in [0, 0.05) is 0 Å². The van der Waals surface area contributed by atoms with E-state index in [-0.39, 0.29) is 6.10 Å². The molecule has 0 amide bonds. The van der Waals surface area contributed by atoms with E-state index in [9.17, 15) is 0 Å². The smallest absolute Gasteiger partial charge is 0.124 e. The summed E-state index contributed by atoms with van der Waals surface area (Å²) >= 11 is 0. The highest BCUT2D eigenvalue weighted by atomic mass is 16.5. The number of rotatable bonds is 9. The summed E-state index contributed by atoms with van der Waals surface area (Å²) in [6.07, 6.45) is 3.11. The Bertz CT molecular complexity index is 525. The van der Waals surface area contributed by atoms with E-state index in [0.29, 0.717) is 6.61 Å². The summed E-state index contributed by atoms with van der Waals surface area (Å²) in [5.41, 5.74) is 6.80. The number of hydrogen-bond acceptors (Lipinski definition) is 3. The lowest BCUT2D eigenvalue weighted by molar-refractivity contribution is 0.191. The second-order valence-electron chi connectivity index (χ2n) is 5.21. The summed E-state index contributed by atoms with van der Waals surface area (Å²) in [4.78, 5) is 0. The van der Waals surface area contributed by atoms with Gasteiger partial charge >= 0.3 is 0 Å². The summed E-state index contributed by atoms with van der Waals surface area (Å²) in [6, 6.07) is 18.2. The Morgan fingerprint density at radius 1 is 0.909 bits per heavy atom. The molecule has 1 unspecified atom stereocenters. The molecule has 0 saturated carbocycles. The van der Waals surface area contributed by atoms with Crippen molar-refractivity contribution in [3.05, 3.63) is 60.2 Å². The van der Waals surface area contributed by atoms with Gasteiger partial charge in [-0.1, -0.05) is 30.3 Å². The van der Waals surface area contributed by atoms with Crippen molar-refractivity contribution in [3.8, 4) is 11.5 Å². The van der Waals surface area contributed by atoms with E-state index in [1.165, 1.54) is 5.56 Å². The molecule has 0 bridgehead atoms. The highest BCUT2D eigenvalue weighted by molar-refractivity contribution is 5.32. The monoisotopic (exact) mass is 299 g/mol. The Morgan fingerprint density at radius 3 is 2.23 bits per heavy atom. The number of ether oxygens (including phenoxy) is 2. The molecule has 0 spiro atoms. The van der Waals surface area contributed by atoms with Crippen LogP contribution in [0.4, 0.5) is 0 Å². The molecule has 2 aromatic carbocycles. The fourth-order valence-electron chi connectivity index (χ4n) is 2.38. The van der Waals surface area contributed by atoms with Crippen molar-refractivity contribution >= 4 is 0 Å². The molecule has 0 aliphatic rings. The van der Waals surface area contributed by atoms with Gasteiger partial charge in [0.15, 0.2) is 0 Å². The summed E-state index contributed by atoms with van der Waals surface area (Å²) in [5, 5.41) is 0. The lowest BCUT2D eigenvalue weighted by Gasteiger charge is -2.20. The number of unbranched alkanes of at least 4 members (excludes halogenated alkanes) is 1. The zero-order chi connectivity index (χ0) is 15.6. The van der Waals surface area contributed by atoms with Crippen molar-refractivity contribution in [3.63, 3.8) is 0 Å². The molecule has 0 fully saturated rings. The fraction of sp³-hybridized carbons (Fsp3) is 0.368. The van der Waals surface area contributed by atoms with Crippen molar-refractivity contribution < 1.29 is 9.47 Å². The van der Waals surface area contributed by atoms with E-state index in [0.717, 1.165) is 37.3 Å². The summed E-state index contributed by atoms with van der Waals surface area (Å²) in [7, 11) is 0. The van der Waals surface area contributed by atoms with Gasteiger partial charge in [-0.25, -0.2) is 0 Å². The first-order chi connectivity index (χ1) is 10.8. The average Bonchev–Trinajstić information content (AvgIpc) is 2.57. The minimum atomic E-state index is 0.0608. The molecule has 2 aromatic rings. The zero-order valence-corrected chi connectivity index (χ0v) is 13.2. The van der Waals surface area contributed by atoms with Crippen molar-refractivity contribution in [1.82, 2.24) is 0 Å². The molecule has 0 heterocycles. The second-order valence-corrected chi connectivity index (χ2v) is 5.21. The van der Waals surface area contributed by atoms with Crippen molar-refractivity contribution in [2.24, 2.45) is 5.73 Å². The van der Waals surface area contributed by atoms with E-state index in [4.69, 9.17) is 15.2 Å². The first kappa shape index (κ1) is 16.4. The quantitative estimate of drug-likeness (QED) is 0.701. The molecule has 3 nitrogen and oxygen atoms in total. The van der Waals surface area contributed by atoms with Crippen LogP contribution >= 0.6 is 0 Å². The van der Waals surface area contributed by atoms with E-state index < -0.39 is 0 Å². The van der Waals surface area contributed by atoms with Crippen LogP contribution in [-0.4, -0.2) is 13.2 Å². The molecule has 0 aliphatic heterocycles. The Kier molecular flexibility index (Phi) is 6.78. The maximum absolute atomic E-state index is 6.18. The largest absolute Gasteiger partial charge is 0.494 e. The topological polar surface area (TPSA) is 44.5 Å². The molecule has 1 atom stereocenters. The van der Waals surface area contributed by atoms with E-state index in [1.807, 2.05) is 49.4 Å². The van der Waals surface area contributed by atoms with Gasteiger partial charge in [-0.15, -0.1) is 0 Å². The van der Waals surface area contributed by atoms with Gasteiger partial charge in [-0.2, -0.15) is 0 Å². The summed E-state index contributed by atoms with van der Waals surface area (Å²) in [6.45, 7) is 3.38. The summed E-state index contributed by atoms with van der Waals surface area (Å²) in [5.74, 6) is 1.74. The highest BCUT2D eigenvalue weighted by Crippen LogP contribution is 2.27. The molecule has 0 saturated heterocycles. The normalized spacial score (nSPS) is 11.9. The predicted octanol–water partition coefficient (Wildman–Crippen LogP) is 4.33. The van der Waals surface area contributed by atoms with Crippen LogP contribution in [0.5, 0.6) is 11.5 Å². The molecule has 3 heteroatoms. The van der Waals surface area contributed by atoms with Gasteiger partial charge < -0.3 is 15.2 Å². The van der Waals surface area contributed by atoms with Crippen LogP contribution in [0, 0.1) is 0 Å². The van der Waals surface area contributed by atoms with Gasteiger partial charge in [0.1, 0.15) is 17.6 Å². The Balaban J connectivity index is 2.05. The molecule has 118 valence electrons. The standard InChI is InChI=1S/C19H25NO2/c1-2-21-17-11-13-18(14-12-17)22-19(10-6-7-15-20)16-8-4-3-5-9-16/h3-5,8-9,11-14,19H,2,6-7,10,15,20H2,1H3. The minimum absolute atomic E-state index is 0.0608. The van der Waals surface area contributed by atoms with Crippen LogP contribution < -0.4 is 15.2 Å². The maximum atomic E-state index is 6.18. The van der Waals surface area contributed by atoms with E-state index >= 15 is 0 Å². The number of hydrogen-bond donors (Lipinski definition) is 1. The molecule has 0 aliphatic carbocycles. The third-order valence-corrected chi connectivity index (χ3v) is 3.50. The van der Waals surface area contributed by atoms with Crippen LogP contribution in [0.3, 0.4) is 0 Å². The lowest BCUT2D eigenvalue weighted by atomic mass is 10.0. The van der Waals surface area contributed by atoms with Gasteiger partial charge in [0.25, 0.3) is 0 Å². The predicted molar refractivity (Wildman–Crippen MR) is 90.3 cm³/mol. The minimum Gasteiger partial charge on any atom is -0.494 e. The van der Waals surface area contributed by atoms with Crippen LogP contribution in [0.15, 0.2) is 54.6 Å². The first-order valence-electron chi connectivity index (χ1n) is 7.98. The molecule has 0 radical (unpaired) electrons. The molecule has 22 heavy (non-hydrogen) atoms. The zero-order valence-electron chi connectivity index (χ0n) is 13.2. The van der Waals surface area contributed by atoms with Crippen molar-refractivity contribution in [1.29, 1.82) is 0 Å². The van der Waals surface area contributed by atoms with Gasteiger partial charge in [0.2, 0.25) is 0 Å². The van der Waals surface area contributed by atoms with Crippen LogP contribution in [-0.2, 0) is 0 Å². The SMILES string of the molecule is CCOc1ccc(OC(CCCCN)c2ccccc2)cc1. The first-order valence-corrected chi connectivity index (χ1v) is 7.98. The van der Waals surface area contributed by atoms with Crippen LogP contribution in [0.1, 0.15) is 37.9 Å². The summed E-state index contributed by atoms with van der Waals surface area (Å²) < 4.78 is 11.6. The van der Waals surface area contributed by atoms with Crippen molar-refractivity contribution in [2.45, 2.75) is 32.3 Å². The van der Waals surface area contributed by atoms with Crippen molar-refractivity contribution in [2.75, 3.05) is 13.2 Å². The van der Waals surface area contributed by atoms with E-state index in [2.05, 4.69) is 12.1 Å². The number of benzene rings is 2. The second kappa shape index (κ2) is 9.11. The highest BCUT2D eigenvalue weighted by Gasteiger charge is 2.13. The molecule has 0 aromatic heterocycles. The molecule has 2 rings (SSSR count). The maximum Gasteiger partial charge on any atom is 0.124 e. The van der Waals surface area contributed by atoms with Crippen LogP contribution in [0.25, 0.3) is 0 Å². The number of nitrogens with two attached hydrogens (primary N) is 1.